The SMILES string of the molecule is CC(C)(C)OC(=O)NN1CCN(CC(=O)O)CC1. The standard InChI is InChI=1S/C11H21N3O4/c1-11(2,3)18-10(17)12-14-6-4-13(5-7-14)8-9(15)16/h4-8H2,1-3H3,(H,12,17)(H,15,16). The minimum atomic E-state index is -0.830. The van der Waals surface area contributed by atoms with E-state index in [0.29, 0.717) is 26.2 Å². The third-order valence-electron chi connectivity index (χ3n) is 2.38. The average molecular weight is 259 g/mol. The van der Waals surface area contributed by atoms with Gasteiger partial charge in [0.2, 0.25) is 0 Å². The molecule has 1 saturated heterocycles. The molecule has 104 valence electrons. The summed E-state index contributed by atoms with van der Waals surface area (Å²) in [6.07, 6.45) is -0.478. The third kappa shape index (κ3) is 5.83. The highest BCUT2D eigenvalue weighted by Gasteiger charge is 2.22. The van der Waals surface area contributed by atoms with E-state index < -0.39 is 17.7 Å². The summed E-state index contributed by atoms with van der Waals surface area (Å²) in [4.78, 5) is 23.9. The highest BCUT2D eigenvalue weighted by Crippen LogP contribution is 2.07. The fourth-order valence-corrected chi connectivity index (χ4v) is 1.64. The van der Waals surface area contributed by atoms with Gasteiger partial charge in [0.15, 0.2) is 0 Å². The molecule has 0 bridgehead atoms. The van der Waals surface area contributed by atoms with Crippen LogP contribution in [0.25, 0.3) is 0 Å². The number of ether oxygens (including phenoxy) is 1. The number of carbonyl (C=O) groups is 2. The Morgan fingerprint density at radius 3 is 2.22 bits per heavy atom. The van der Waals surface area contributed by atoms with Gasteiger partial charge in [-0.1, -0.05) is 0 Å². The molecular formula is C11H21N3O4. The summed E-state index contributed by atoms with van der Waals surface area (Å²) in [6, 6.07) is 0. The van der Waals surface area contributed by atoms with Gasteiger partial charge >= 0.3 is 12.1 Å². The first-order chi connectivity index (χ1) is 8.26. The molecule has 0 spiro atoms. The van der Waals surface area contributed by atoms with E-state index in [4.69, 9.17) is 9.84 Å². The van der Waals surface area contributed by atoms with Crippen LogP contribution >= 0.6 is 0 Å². The minimum Gasteiger partial charge on any atom is -0.480 e. The second-order valence-electron chi connectivity index (χ2n) is 5.27. The Balaban J connectivity index is 2.27. The van der Waals surface area contributed by atoms with Crippen molar-refractivity contribution in [1.29, 1.82) is 0 Å². The fraction of sp³-hybridized carbons (Fsp3) is 0.818. The molecule has 1 amide bonds. The van der Waals surface area contributed by atoms with Crippen LogP contribution in [0.15, 0.2) is 0 Å². The Labute approximate surface area is 107 Å². The lowest BCUT2D eigenvalue weighted by Gasteiger charge is -2.34. The molecule has 0 aliphatic carbocycles. The molecule has 0 saturated carbocycles. The van der Waals surface area contributed by atoms with Crippen molar-refractivity contribution in [3.8, 4) is 0 Å². The van der Waals surface area contributed by atoms with E-state index in [2.05, 4.69) is 5.43 Å². The van der Waals surface area contributed by atoms with E-state index in [1.807, 2.05) is 4.90 Å². The Kier molecular flexibility index (Phi) is 4.92. The quantitative estimate of drug-likeness (QED) is 0.749. The monoisotopic (exact) mass is 259 g/mol. The average Bonchev–Trinajstić information content (AvgIpc) is 2.17. The minimum absolute atomic E-state index is 0.0419. The number of aliphatic carboxylic acids is 1. The van der Waals surface area contributed by atoms with Gasteiger partial charge in [-0.2, -0.15) is 0 Å². The molecule has 0 aromatic rings. The van der Waals surface area contributed by atoms with Crippen molar-refractivity contribution >= 4 is 12.1 Å². The summed E-state index contributed by atoms with van der Waals surface area (Å²) in [6.45, 7) is 7.86. The molecule has 7 nitrogen and oxygen atoms in total. The summed E-state index contributed by atoms with van der Waals surface area (Å²) < 4.78 is 5.13. The number of nitrogens with zero attached hydrogens (tertiary/aromatic N) is 2. The van der Waals surface area contributed by atoms with Crippen LogP contribution in [0.3, 0.4) is 0 Å². The van der Waals surface area contributed by atoms with Gasteiger partial charge in [-0.05, 0) is 20.8 Å². The summed E-state index contributed by atoms with van der Waals surface area (Å²) in [5, 5.41) is 10.4. The van der Waals surface area contributed by atoms with E-state index in [-0.39, 0.29) is 6.54 Å². The van der Waals surface area contributed by atoms with Gasteiger partial charge in [-0.15, -0.1) is 0 Å². The van der Waals surface area contributed by atoms with Crippen LogP contribution in [0.5, 0.6) is 0 Å². The van der Waals surface area contributed by atoms with Crippen LogP contribution in [0.2, 0.25) is 0 Å². The molecule has 0 aromatic carbocycles. The summed E-state index contributed by atoms with van der Waals surface area (Å²) in [5.41, 5.74) is 2.13. The van der Waals surface area contributed by atoms with Crippen molar-refractivity contribution in [2.24, 2.45) is 0 Å². The van der Waals surface area contributed by atoms with Crippen LogP contribution in [0.1, 0.15) is 20.8 Å². The zero-order valence-corrected chi connectivity index (χ0v) is 11.1. The Hall–Kier alpha value is -1.34. The number of nitrogens with one attached hydrogen (secondary N) is 1. The fourth-order valence-electron chi connectivity index (χ4n) is 1.64. The van der Waals surface area contributed by atoms with Gasteiger partial charge in [0, 0.05) is 26.2 Å². The molecule has 0 aromatic heterocycles. The number of rotatable bonds is 3. The van der Waals surface area contributed by atoms with Crippen LogP contribution in [0, 0.1) is 0 Å². The molecule has 1 aliphatic rings. The van der Waals surface area contributed by atoms with Crippen LogP contribution in [-0.2, 0) is 9.53 Å². The lowest BCUT2D eigenvalue weighted by atomic mass is 10.2. The second-order valence-corrected chi connectivity index (χ2v) is 5.27. The van der Waals surface area contributed by atoms with Gasteiger partial charge in [-0.3, -0.25) is 15.1 Å². The number of amides is 1. The molecule has 0 unspecified atom stereocenters. The molecule has 1 aliphatic heterocycles. The highest BCUT2D eigenvalue weighted by molar-refractivity contribution is 5.69. The normalized spacial score (nSPS) is 18.4. The number of carboxylic acids is 1. The molecule has 18 heavy (non-hydrogen) atoms. The number of piperazine rings is 1. The number of carbonyl (C=O) groups excluding carboxylic acids is 1. The first kappa shape index (κ1) is 14.7. The summed E-state index contributed by atoms with van der Waals surface area (Å²) >= 11 is 0. The topological polar surface area (TPSA) is 82.1 Å². The molecule has 1 fully saturated rings. The van der Waals surface area contributed by atoms with Gasteiger partial charge in [0.05, 0.1) is 6.54 Å². The van der Waals surface area contributed by atoms with Crippen LogP contribution in [0.4, 0.5) is 4.79 Å². The largest absolute Gasteiger partial charge is 0.480 e. The first-order valence-electron chi connectivity index (χ1n) is 5.95. The molecule has 0 radical (unpaired) electrons. The first-order valence-corrected chi connectivity index (χ1v) is 5.95. The molecule has 0 atom stereocenters. The number of carboxylic acid groups (broad SMARTS) is 1. The predicted molar refractivity (Wildman–Crippen MR) is 65.0 cm³/mol. The molecule has 1 rings (SSSR count). The zero-order valence-electron chi connectivity index (χ0n) is 11.1. The molecule has 1 heterocycles. The van der Waals surface area contributed by atoms with E-state index in [9.17, 15) is 9.59 Å². The maximum Gasteiger partial charge on any atom is 0.422 e. The smallest absolute Gasteiger partial charge is 0.422 e. The third-order valence-corrected chi connectivity index (χ3v) is 2.38. The molecule has 7 heteroatoms. The van der Waals surface area contributed by atoms with E-state index >= 15 is 0 Å². The Morgan fingerprint density at radius 2 is 1.78 bits per heavy atom. The van der Waals surface area contributed by atoms with Crippen molar-refractivity contribution in [2.75, 3.05) is 32.7 Å². The lowest BCUT2D eigenvalue weighted by Crippen LogP contribution is -2.54. The van der Waals surface area contributed by atoms with E-state index in [0.717, 1.165) is 0 Å². The van der Waals surface area contributed by atoms with Crippen LogP contribution < -0.4 is 5.43 Å². The van der Waals surface area contributed by atoms with Gasteiger partial charge in [0.1, 0.15) is 5.60 Å². The van der Waals surface area contributed by atoms with Crippen molar-refractivity contribution in [2.45, 2.75) is 26.4 Å². The number of hydrazine groups is 1. The maximum absolute atomic E-state index is 11.5. The van der Waals surface area contributed by atoms with Crippen LogP contribution in [-0.4, -0.2) is 65.4 Å². The molecular weight excluding hydrogens is 238 g/mol. The summed E-state index contributed by atoms with van der Waals surface area (Å²) in [7, 11) is 0. The summed E-state index contributed by atoms with van der Waals surface area (Å²) in [5.74, 6) is -0.830. The Morgan fingerprint density at radius 1 is 1.22 bits per heavy atom. The maximum atomic E-state index is 11.5. The second kappa shape index (κ2) is 6.01. The van der Waals surface area contributed by atoms with E-state index in [1.165, 1.54) is 0 Å². The Bertz CT molecular complexity index is 306. The van der Waals surface area contributed by atoms with Crippen molar-refractivity contribution < 1.29 is 19.4 Å². The lowest BCUT2D eigenvalue weighted by molar-refractivity contribution is -0.138. The van der Waals surface area contributed by atoms with Gasteiger partial charge in [-0.25, -0.2) is 9.80 Å². The molecule has 2 N–H and O–H groups in total. The van der Waals surface area contributed by atoms with Crippen molar-refractivity contribution in [3.05, 3.63) is 0 Å². The highest BCUT2D eigenvalue weighted by atomic mass is 16.6. The zero-order chi connectivity index (χ0) is 13.8. The van der Waals surface area contributed by atoms with Crippen molar-refractivity contribution in [1.82, 2.24) is 15.3 Å². The number of hydrogen-bond acceptors (Lipinski definition) is 5. The van der Waals surface area contributed by atoms with Crippen molar-refractivity contribution in [3.63, 3.8) is 0 Å². The number of hydrogen-bond donors (Lipinski definition) is 2. The van der Waals surface area contributed by atoms with E-state index in [1.54, 1.807) is 25.8 Å². The van der Waals surface area contributed by atoms with Gasteiger partial charge in [0.25, 0.3) is 0 Å². The van der Waals surface area contributed by atoms with Gasteiger partial charge < -0.3 is 9.84 Å². The predicted octanol–water partition coefficient (Wildman–Crippen LogP) is 0.128.